The van der Waals surface area contributed by atoms with E-state index in [-0.39, 0.29) is 0 Å². The Hall–Kier alpha value is -1.75. The van der Waals surface area contributed by atoms with Crippen LogP contribution in [-0.2, 0) is 0 Å². The highest BCUT2D eigenvalue weighted by Crippen LogP contribution is 2.34. The van der Waals surface area contributed by atoms with Crippen molar-refractivity contribution in [3.63, 3.8) is 0 Å². The van der Waals surface area contributed by atoms with Gasteiger partial charge in [-0.15, -0.1) is 12.7 Å². The summed E-state index contributed by atoms with van der Waals surface area (Å²) in [6, 6.07) is 10.4. The molecule has 0 radical (unpaired) electrons. The molecule has 1 aliphatic carbocycles. The molecule has 3 saturated heterocycles. The number of aliphatic hydroxyl groups excluding tert-OH is 1. The number of fused-ring (bicyclic) bond motifs is 4. The Morgan fingerprint density at radius 1 is 1.18 bits per heavy atom. The second kappa shape index (κ2) is 11.1. The van der Waals surface area contributed by atoms with Gasteiger partial charge in [-0.05, 0) is 29.5 Å². The third-order valence-electron chi connectivity index (χ3n) is 8.60. The van der Waals surface area contributed by atoms with Crippen molar-refractivity contribution >= 4 is 10.9 Å². The number of pyridine rings is 1. The molecule has 4 fully saturated rings. The van der Waals surface area contributed by atoms with Gasteiger partial charge in [0.25, 0.3) is 0 Å². The highest BCUT2D eigenvalue weighted by molar-refractivity contribution is 5.82. The molecule has 6 rings (SSSR count). The fraction of sp³-hybridized carbons (Fsp3) is 0.621. The van der Waals surface area contributed by atoms with E-state index in [1.54, 1.807) is 18.7 Å². The first kappa shape index (κ1) is 23.0. The number of quaternary nitrogens is 1. The average Bonchev–Trinajstić information content (AvgIpc) is 2.89. The second-order valence-electron chi connectivity index (χ2n) is 10.5. The maximum absolute atomic E-state index is 11.3. The molecule has 1 aromatic heterocycles. The summed E-state index contributed by atoms with van der Waals surface area (Å²) >= 11 is 0. The average molecular weight is 452 g/mol. The first-order valence-corrected chi connectivity index (χ1v) is 13.0. The SMILES string of the molecule is C=CC1C[NH+]2CCC1CC2[C@@H](O)c1ccnc2ccccc12.[2H][C@](C)(C1CCCCC1)[C@H](C)[O-]. The summed E-state index contributed by atoms with van der Waals surface area (Å²) in [5, 5.41) is 23.4. The van der Waals surface area contributed by atoms with Gasteiger partial charge in [0.1, 0.15) is 12.1 Å². The first-order chi connectivity index (χ1) is 16.3. The monoisotopic (exact) mass is 451 g/mol. The normalized spacial score (nSPS) is 31.6. The van der Waals surface area contributed by atoms with Crippen LogP contribution in [-0.4, -0.2) is 35.3 Å². The molecule has 7 atom stereocenters. The number of nitrogens with zero attached hydrogens (tertiary/aromatic N) is 1. The summed E-state index contributed by atoms with van der Waals surface area (Å²) in [7, 11) is 0. The number of nitrogens with one attached hydrogen (secondary N) is 1. The van der Waals surface area contributed by atoms with Crippen molar-refractivity contribution in [2.24, 2.45) is 23.6 Å². The smallest absolute Gasteiger partial charge is 0.131 e. The number of piperidine rings is 3. The molecule has 180 valence electrons. The third-order valence-corrected chi connectivity index (χ3v) is 8.60. The fourth-order valence-electron chi connectivity index (χ4n) is 6.39. The molecule has 4 heteroatoms. The van der Waals surface area contributed by atoms with Gasteiger partial charge in [0.05, 0.1) is 18.6 Å². The molecule has 2 N–H and O–H groups in total. The van der Waals surface area contributed by atoms with Crippen LogP contribution in [0.3, 0.4) is 0 Å². The number of hydrogen-bond acceptors (Lipinski definition) is 3. The molecule has 3 aliphatic heterocycles. The summed E-state index contributed by atoms with van der Waals surface area (Å²) in [5.41, 5.74) is 2.00. The summed E-state index contributed by atoms with van der Waals surface area (Å²) in [6.45, 7) is 9.73. The molecule has 4 aliphatic rings. The Bertz CT molecular complexity index is 951. The van der Waals surface area contributed by atoms with Crippen molar-refractivity contribution in [2.45, 2.75) is 77.0 Å². The lowest BCUT2D eigenvalue weighted by molar-refractivity contribution is -0.949. The molecular formula is C29H42N2O2. The van der Waals surface area contributed by atoms with E-state index in [9.17, 15) is 10.2 Å². The van der Waals surface area contributed by atoms with E-state index >= 15 is 0 Å². The van der Waals surface area contributed by atoms with Crippen molar-refractivity contribution in [3.8, 4) is 0 Å². The number of rotatable bonds is 5. The first-order valence-electron chi connectivity index (χ1n) is 13.5. The Morgan fingerprint density at radius 3 is 2.61 bits per heavy atom. The highest BCUT2D eigenvalue weighted by Gasteiger charge is 2.45. The maximum atomic E-state index is 11.3. The van der Waals surface area contributed by atoms with Crippen LogP contribution in [0.5, 0.6) is 0 Å². The lowest BCUT2D eigenvalue weighted by Crippen LogP contribution is -3.20. The molecule has 1 aromatic carbocycles. The molecule has 33 heavy (non-hydrogen) atoms. The number of aromatic nitrogens is 1. The number of para-hydroxylation sites is 1. The van der Waals surface area contributed by atoms with Gasteiger partial charge >= 0.3 is 0 Å². The fourth-order valence-corrected chi connectivity index (χ4v) is 6.39. The van der Waals surface area contributed by atoms with Crippen LogP contribution in [0, 0.1) is 23.6 Å². The van der Waals surface area contributed by atoms with Crippen LogP contribution in [0.2, 0.25) is 0 Å². The number of hydrogen-bond donors (Lipinski definition) is 2. The van der Waals surface area contributed by atoms with Crippen molar-refractivity contribution in [2.75, 3.05) is 13.1 Å². The van der Waals surface area contributed by atoms with E-state index in [1.165, 1.54) is 32.2 Å². The van der Waals surface area contributed by atoms with Crippen molar-refractivity contribution in [1.82, 2.24) is 4.98 Å². The zero-order chi connectivity index (χ0) is 24.3. The minimum absolute atomic E-state index is 0.306. The third kappa shape index (κ3) is 5.50. The zero-order valence-corrected chi connectivity index (χ0v) is 20.4. The highest BCUT2D eigenvalue weighted by atomic mass is 16.3. The van der Waals surface area contributed by atoms with Crippen LogP contribution < -0.4 is 10.0 Å². The van der Waals surface area contributed by atoms with Crippen LogP contribution in [0.1, 0.15) is 71.8 Å². The van der Waals surface area contributed by atoms with Crippen LogP contribution in [0.25, 0.3) is 10.9 Å². The lowest BCUT2D eigenvalue weighted by Gasteiger charge is -2.47. The quantitative estimate of drug-likeness (QED) is 0.682. The molecule has 4 nitrogen and oxygen atoms in total. The van der Waals surface area contributed by atoms with Crippen LogP contribution in [0.4, 0.5) is 0 Å². The summed E-state index contributed by atoms with van der Waals surface area (Å²) < 4.78 is 7.96. The van der Waals surface area contributed by atoms with E-state index in [0.29, 0.717) is 23.8 Å². The Kier molecular flexibility index (Phi) is 7.75. The van der Waals surface area contributed by atoms with Crippen LogP contribution in [0.15, 0.2) is 49.2 Å². The van der Waals surface area contributed by atoms with E-state index in [2.05, 4.69) is 23.7 Å². The van der Waals surface area contributed by atoms with Gasteiger partial charge in [0, 0.05) is 31.7 Å². The largest absolute Gasteiger partial charge is 0.852 e. The van der Waals surface area contributed by atoms with Crippen LogP contribution >= 0.6 is 0 Å². The Balaban J connectivity index is 0.000000195. The number of benzene rings is 1. The molecule has 0 spiro atoms. The van der Waals surface area contributed by atoms with E-state index in [0.717, 1.165) is 42.3 Å². The van der Waals surface area contributed by atoms with E-state index in [1.807, 2.05) is 30.5 Å². The summed E-state index contributed by atoms with van der Waals surface area (Å²) in [6.07, 6.45) is 11.1. The topological polar surface area (TPSA) is 60.6 Å². The molecule has 2 bridgehead atoms. The Labute approximate surface area is 201 Å². The zero-order valence-electron chi connectivity index (χ0n) is 21.4. The maximum Gasteiger partial charge on any atom is 0.131 e. The minimum Gasteiger partial charge on any atom is -0.852 e. The van der Waals surface area contributed by atoms with Crippen molar-refractivity contribution in [1.29, 1.82) is 0 Å². The molecule has 4 unspecified atom stereocenters. The predicted molar refractivity (Wildman–Crippen MR) is 133 cm³/mol. The lowest BCUT2D eigenvalue weighted by atomic mass is 9.73. The summed E-state index contributed by atoms with van der Waals surface area (Å²) in [5.74, 6) is 0.934. The number of aliphatic hydroxyl groups is 1. The molecule has 4 heterocycles. The molecular weight excluding hydrogens is 408 g/mol. The second-order valence-corrected chi connectivity index (χ2v) is 10.5. The van der Waals surface area contributed by atoms with Crippen molar-refractivity contribution in [3.05, 3.63) is 54.7 Å². The molecule has 2 aromatic rings. The van der Waals surface area contributed by atoms with Gasteiger partial charge in [-0.1, -0.05) is 76.1 Å². The van der Waals surface area contributed by atoms with E-state index in [4.69, 9.17) is 1.37 Å². The van der Waals surface area contributed by atoms with Gasteiger partial charge < -0.3 is 15.1 Å². The van der Waals surface area contributed by atoms with Gasteiger partial charge in [-0.25, -0.2) is 0 Å². The molecule has 0 amide bonds. The van der Waals surface area contributed by atoms with Gasteiger partial charge in [-0.2, -0.15) is 0 Å². The van der Waals surface area contributed by atoms with E-state index < -0.39 is 18.1 Å². The minimum atomic E-state index is -0.749. The summed E-state index contributed by atoms with van der Waals surface area (Å²) in [4.78, 5) is 5.95. The molecule has 1 saturated carbocycles. The Morgan fingerprint density at radius 2 is 1.94 bits per heavy atom. The van der Waals surface area contributed by atoms with Gasteiger partial charge in [0.15, 0.2) is 0 Å². The van der Waals surface area contributed by atoms with Gasteiger partial charge in [0.2, 0.25) is 0 Å². The van der Waals surface area contributed by atoms with Gasteiger partial charge in [-0.3, -0.25) is 4.98 Å². The van der Waals surface area contributed by atoms with Crippen molar-refractivity contribution < 1.29 is 16.5 Å². The predicted octanol–water partition coefficient (Wildman–Crippen LogP) is 3.70. The standard InChI is InChI=1S/C19H22N2O.C10H19O/c1-2-13-12-21-10-8-14(13)11-18(21)19(22)16-7-9-20-17-6-4-3-5-15(16)17;1-8(9(2)11)10-6-4-3-5-7-10/h2-7,9,13-14,18-19,22H,1,8,10-12H2;8-10H,3-7H2,1-2H3/q;-1/p+1/t13?,14?,18?,19-;8-,9+/m01/s1/i;8D.